The summed E-state index contributed by atoms with van der Waals surface area (Å²) in [4.78, 5) is 12.4. The summed E-state index contributed by atoms with van der Waals surface area (Å²) in [6.45, 7) is 2.16. The molecule has 0 heterocycles. The maximum absolute atomic E-state index is 13.0. The number of nitrogens with zero attached hydrogens (tertiary/aromatic N) is 2. The van der Waals surface area contributed by atoms with E-state index in [2.05, 4.69) is 5.32 Å². The summed E-state index contributed by atoms with van der Waals surface area (Å²) in [6, 6.07) is 12.4. The van der Waals surface area contributed by atoms with Crippen LogP contribution in [0.3, 0.4) is 0 Å². The van der Waals surface area contributed by atoms with Crippen molar-refractivity contribution in [3.63, 3.8) is 0 Å². The smallest absolute Gasteiger partial charge is 0.264 e. The largest absolute Gasteiger partial charge is 0.495 e. The number of carbonyl (C=O) groups excluding carboxylic acids is 1. The third-order valence-electron chi connectivity index (χ3n) is 4.97. The molecule has 2 aromatic carbocycles. The van der Waals surface area contributed by atoms with Crippen molar-refractivity contribution >= 4 is 31.6 Å². The molecule has 0 saturated heterocycles. The molecule has 0 bridgehead atoms. The predicted molar refractivity (Wildman–Crippen MR) is 124 cm³/mol. The Morgan fingerprint density at radius 1 is 1.00 bits per heavy atom. The minimum Gasteiger partial charge on any atom is -0.495 e. The fourth-order valence-corrected chi connectivity index (χ4v) is 4.98. The molecule has 0 aliphatic rings. The Morgan fingerprint density at radius 3 is 2.22 bits per heavy atom. The normalized spacial score (nSPS) is 11.9. The van der Waals surface area contributed by atoms with E-state index in [9.17, 15) is 21.6 Å². The van der Waals surface area contributed by atoms with E-state index in [4.69, 9.17) is 4.74 Å². The van der Waals surface area contributed by atoms with Crippen LogP contribution < -0.4 is 14.4 Å². The minimum absolute atomic E-state index is 0.0252. The highest BCUT2D eigenvalue weighted by molar-refractivity contribution is 7.92. The molecule has 2 rings (SSSR count). The SMILES string of the molecule is CCS(=O)(=O)N(C)CCCNC(=O)c1ccc(S(=O)(=O)N(C)c2ccccc2OC)cc1. The Hall–Kier alpha value is -2.63. The molecule has 2 aromatic rings. The van der Waals surface area contributed by atoms with E-state index >= 15 is 0 Å². The van der Waals surface area contributed by atoms with Gasteiger partial charge >= 0.3 is 0 Å². The van der Waals surface area contributed by atoms with Gasteiger partial charge in [-0.25, -0.2) is 21.1 Å². The maximum atomic E-state index is 13.0. The van der Waals surface area contributed by atoms with E-state index in [1.165, 1.54) is 49.8 Å². The van der Waals surface area contributed by atoms with E-state index in [1.807, 2.05) is 0 Å². The molecule has 0 aromatic heterocycles. The van der Waals surface area contributed by atoms with Crippen LogP contribution >= 0.6 is 0 Å². The molecule has 1 amide bonds. The molecule has 0 unspecified atom stereocenters. The van der Waals surface area contributed by atoms with Gasteiger partial charge in [0, 0.05) is 32.7 Å². The Labute approximate surface area is 190 Å². The van der Waals surface area contributed by atoms with Crippen LogP contribution in [0, 0.1) is 0 Å². The molecule has 1 N–H and O–H groups in total. The number of amides is 1. The number of anilines is 1. The van der Waals surface area contributed by atoms with Crippen LogP contribution in [0.5, 0.6) is 5.75 Å². The molecule has 0 atom stereocenters. The molecule has 176 valence electrons. The van der Waals surface area contributed by atoms with Crippen molar-refractivity contribution in [2.45, 2.75) is 18.2 Å². The molecule has 0 aliphatic heterocycles. The third-order valence-corrected chi connectivity index (χ3v) is 8.62. The predicted octanol–water partition coefficient (Wildman–Crippen LogP) is 1.92. The first-order valence-corrected chi connectivity index (χ1v) is 13.0. The van der Waals surface area contributed by atoms with Crippen LogP contribution in [0.25, 0.3) is 0 Å². The summed E-state index contributed by atoms with van der Waals surface area (Å²) < 4.78 is 57.0. The van der Waals surface area contributed by atoms with Gasteiger partial charge in [0.25, 0.3) is 15.9 Å². The van der Waals surface area contributed by atoms with Crippen molar-refractivity contribution < 1.29 is 26.4 Å². The monoisotopic (exact) mass is 483 g/mol. The van der Waals surface area contributed by atoms with Gasteiger partial charge in [0.15, 0.2) is 0 Å². The molecule has 0 aliphatic carbocycles. The molecule has 11 heteroatoms. The summed E-state index contributed by atoms with van der Waals surface area (Å²) in [5.41, 5.74) is 0.699. The van der Waals surface area contributed by atoms with Crippen LogP contribution in [0.2, 0.25) is 0 Å². The Morgan fingerprint density at radius 2 is 1.62 bits per heavy atom. The van der Waals surface area contributed by atoms with Crippen molar-refractivity contribution in [1.29, 1.82) is 0 Å². The summed E-state index contributed by atoms with van der Waals surface area (Å²) in [5, 5.41) is 2.71. The van der Waals surface area contributed by atoms with Crippen LogP contribution in [-0.4, -0.2) is 67.1 Å². The first-order valence-electron chi connectivity index (χ1n) is 9.98. The highest BCUT2D eigenvalue weighted by Gasteiger charge is 2.24. The van der Waals surface area contributed by atoms with Crippen molar-refractivity contribution in [3.05, 3.63) is 54.1 Å². The molecule has 0 fully saturated rings. The highest BCUT2D eigenvalue weighted by atomic mass is 32.2. The summed E-state index contributed by atoms with van der Waals surface area (Å²) >= 11 is 0. The van der Waals surface area contributed by atoms with Gasteiger partial charge in [-0.3, -0.25) is 9.10 Å². The summed E-state index contributed by atoms with van der Waals surface area (Å²) in [6.07, 6.45) is 0.456. The Balaban J connectivity index is 2.02. The Bertz CT molecular complexity index is 1130. The zero-order valence-electron chi connectivity index (χ0n) is 18.6. The van der Waals surface area contributed by atoms with Gasteiger partial charge in [-0.1, -0.05) is 12.1 Å². The number of hydrogen-bond donors (Lipinski definition) is 1. The fourth-order valence-electron chi connectivity index (χ4n) is 2.92. The van der Waals surface area contributed by atoms with Gasteiger partial charge in [0.05, 0.1) is 23.4 Å². The number of carbonyl (C=O) groups is 1. The number of para-hydroxylation sites is 2. The van der Waals surface area contributed by atoms with E-state index in [-0.39, 0.29) is 16.6 Å². The van der Waals surface area contributed by atoms with Gasteiger partial charge in [-0.05, 0) is 49.7 Å². The molecule has 9 nitrogen and oxygen atoms in total. The number of sulfonamides is 2. The summed E-state index contributed by atoms with van der Waals surface area (Å²) in [7, 11) is -2.70. The van der Waals surface area contributed by atoms with Gasteiger partial charge in [-0.2, -0.15) is 0 Å². The van der Waals surface area contributed by atoms with Crippen molar-refractivity contribution in [1.82, 2.24) is 9.62 Å². The fraction of sp³-hybridized carbons (Fsp3) is 0.381. The molecule has 0 radical (unpaired) electrons. The molecule has 32 heavy (non-hydrogen) atoms. The third kappa shape index (κ3) is 5.99. The lowest BCUT2D eigenvalue weighted by atomic mass is 10.2. The molecular formula is C21H29N3O6S2. The zero-order chi connectivity index (χ0) is 23.9. The first-order chi connectivity index (χ1) is 15.0. The number of rotatable bonds is 11. The van der Waals surface area contributed by atoms with E-state index < -0.39 is 20.0 Å². The lowest BCUT2D eigenvalue weighted by Gasteiger charge is -2.21. The lowest BCUT2D eigenvalue weighted by Crippen LogP contribution is -2.32. The van der Waals surface area contributed by atoms with E-state index in [0.717, 1.165) is 4.31 Å². The number of methoxy groups -OCH3 is 1. The average molecular weight is 484 g/mol. The number of hydrogen-bond acceptors (Lipinski definition) is 6. The second-order valence-electron chi connectivity index (χ2n) is 7.00. The standard InChI is InChI=1S/C21H29N3O6S2/c1-5-31(26,27)23(2)16-8-15-22-21(25)17-11-13-18(14-12-17)32(28,29)24(3)19-9-6-7-10-20(19)30-4/h6-7,9-14H,5,8,15-16H2,1-4H3,(H,22,25). The molecule has 0 spiro atoms. The highest BCUT2D eigenvalue weighted by Crippen LogP contribution is 2.30. The van der Waals surface area contributed by atoms with Gasteiger partial charge in [0.2, 0.25) is 10.0 Å². The zero-order valence-corrected chi connectivity index (χ0v) is 20.2. The maximum Gasteiger partial charge on any atom is 0.264 e. The second-order valence-corrected chi connectivity index (χ2v) is 11.3. The van der Waals surface area contributed by atoms with Crippen molar-refractivity contribution in [3.8, 4) is 5.75 Å². The van der Waals surface area contributed by atoms with Crippen molar-refractivity contribution in [2.24, 2.45) is 0 Å². The van der Waals surface area contributed by atoms with E-state index in [1.54, 1.807) is 31.2 Å². The second kappa shape index (κ2) is 10.8. The quantitative estimate of drug-likeness (QED) is 0.489. The van der Waals surface area contributed by atoms with E-state index in [0.29, 0.717) is 36.5 Å². The van der Waals surface area contributed by atoms with Crippen LogP contribution in [0.1, 0.15) is 23.7 Å². The lowest BCUT2D eigenvalue weighted by molar-refractivity contribution is 0.0952. The van der Waals surface area contributed by atoms with Gasteiger partial charge in [0.1, 0.15) is 5.75 Å². The van der Waals surface area contributed by atoms with Gasteiger partial charge < -0.3 is 10.1 Å². The topological polar surface area (TPSA) is 113 Å². The number of ether oxygens (including phenoxy) is 1. The first kappa shape index (κ1) is 25.6. The average Bonchev–Trinajstić information content (AvgIpc) is 2.80. The van der Waals surface area contributed by atoms with Gasteiger partial charge in [-0.15, -0.1) is 0 Å². The molecular weight excluding hydrogens is 454 g/mol. The molecule has 0 saturated carbocycles. The Kier molecular flexibility index (Phi) is 8.65. The number of nitrogens with one attached hydrogen (secondary N) is 1. The summed E-state index contributed by atoms with van der Waals surface area (Å²) in [5.74, 6) is 0.0807. The number of benzene rings is 2. The van der Waals surface area contributed by atoms with Crippen LogP contribution in [0.15, 0.2) is 53.4 Å². The van der Waals surface area contributed by atoms with Crippen LogP contribution in [0.4, 0.5) is 5.69 Å². The van der Waals surface area contributed by atoms with Crippen LogP contribution in [-0.2, 0) is 20.0 Å². The van der Waals surface area contributed by atoms with Crippen molar-refractivity contribution in [2.75, 3.05) is 44.4 Å². The minimum atomic E-state index is -3.85.